The van der Waals surface area contributed by atoms with Gasteiger partial charge in [0.05, 0.1) is 0 Å². The highest BCUT2D eigenvalue weighted by Gasteiger charge is 2.14. The van der Waals surface area contributed by atoms with Gasteiger partial charge in [-0.1, -0.05) is 78.3 Å². The van der Waals surface area contributed by atoms with Gasteiger partial charge in [-0.3, -0.25) is 0 Å². The van der Waals surface area contributed by atoms with E-state index in [9.17, 15) is 0 Å². The first-order chi connectivity index (χ1) is 13.7. The predicted molar refractivity (Wildman–Crippen MR) is 126 cm³/mol. The molecule has 1 heterocycles. The Bertz CT molecular complexity index is 1070. The maximum Gasteiger partial charge on any atom is 0.0493 e. The molecule has 0 amide bonds. The van der Waals surface area contributed by atoms with Crippen molar-refractivity contribution >= 4 is 34.9 Å². The van der Waals surface area contributed by atoms with Gasteiger partial charge >= 0.3 is 0 Å². The van der Waals surface area contributed by atoms with Crippen LogP contribution in [0.3, 0.4) is 0 Å². The highest BCUT2D eigenvalue weighted by atomic mass is 35.5. The molecule has 150 valence electrons. The summed E-state index contributed by atoms with van der Waals surface area (Å²) >= 11 is 6.42. The molecule has 2 nitrogen and oxygen atoms in total. The highest BCUT2D eigenvalue weighted by Crippen LogP contribution is 2.28. The van der Waals surface area contributed by atoms with E-state index in [2.05, 4.69) is 77.5 Å². The first kappa shape index (κ1) is 21.4. The Morgan fingerprint density at radius 1 is 0.862 bits per heavy atom. The molecular weight excluding hydrogens is 399 g/mol. The van der Waals surface area contributed by atoms with E-state index >= 15 is 0 Å². The Kier molecular flexibility index (Phi) is 7.38. The molecule has 0 bridgehead atoms. The van der Waals surface area contributed by atoms with Gasteiger partial charge in [-0.05, 0) is 48.7 Å². The van der Waals surface area contributed by atoms with E-state index in [1.54, 1.807) is 0 Å². The summed E-state index contributed by atoms with van der Waals surface area (Å²) in [6, 6.07) is 27.4. The number of aromatic nitrogens is 1. The topological polar surface area (TPSA) is 17.0 Å². The molecule has 0 aliphatic heterocycles. The van der Waals surface area contributed by atoms with Crippen LogP contribution in [0.1, 0.15) is 22.4 Å². The molecule has 0 atom stereocenters. The van der Waals surface area contributed by atoms with E-state index in [1.165, 1.54) is 27.7 Å². The number of fused-ring (bicyclic) bond motifs is 1. The second kappa shape index (κ2) is 9.98. The minimum Gasteiger partial charge on any atom is -0.340 e. The van der Waals surface area contributed by atoms with Crippen molar-refractivity contribution in [2.24, 2.45) is 0 Å². The lowest BCUT2D eigenvalue weighted by atomic mass is 10.1. The monoisotopic (exact) mass is 424 g/mol. The Morgan fingerprint density at radius 3 is 2.34 bits per heavy atom. The molecule has 0 saturated heterocycles. The molecule has 29 heavy (non-hydrogen) atoms. The summed E-state index contributed by atoms with van der Waals surface area (Å²) in [5.41, 5.74) is 6.45. The van der Waals surface area contributed by atoms with Crippen molar-refractivity contribution < 1.29 is 0 Å². The van der Waals surface area contributed by atoms with Gasteiger partial charge in [0.25, 0.3) is 0 Å². The van der Waals surface area contributed by atoms with Crippen molar-refractivity contribution in [2.75, 3.05) is 6.54 Å². The zero-order valence-electron chi connectivity index (χ0n) is 16.6. The van der Waals surface area contributed by atoms with Crippen LogP contribution in [0.5, 0.6) is 0 Å². The molecule has 0 unspecified atom stereocenters. The number of rotatable bonds is 7. The van der Waals surface area contributed by atoms with E-state index in [0.29, 0.717) is 0 Å². The summed E-state index contributed by atoms with van der Waals surface area (Å²) in [6.45, 7) is 4.84. The van der Waals surface area contributed by atoms with Crippen molar-refractivity contribution in [2.45, 2.75) is 26.4 Å². The molecule has 4 rings (SSSR count). The average molecular weight is 425 g/mol. The Morgan fingerprint density at radius 2 is 1.55 bits per heavy atom. The number of para-hydroxylation sites is 1. The van der Waals surface area contributed by atoms with E-state index in [0.717, 1.165) is 36.6 Å². The van der Waals surface area contributed by atoms with E-state index in [1.807, 2.05) is 18.2 Å². The summed E-state index contributed by atoms with van der Waals surface area (Å²) in [5.74, 6) is 0. The first-order valence-electron chi connectivity index (χ1n) is 9.79. The van der Waals surface area contributed by atoms with Crippen LogP contribution in [-0.2, 0) is 19.5 Å². The predicted octanol–water partition coefficient (Wildman–Crippen LogP) is 6.41. The maximum atomic E-state index is 6.42. The van der Waals surface area contributed by atoms with Crippen LogP contribution >= 0.6 is 24.0 Å². The molecule has 4 aromatic rings. The second-order valence-corrected chi connectivity index (χ2v) is 7.58. The largest absolute Gasteiger partial charge is 0.340 e. The molecular formula is C25H26Cl2N2. The minimum atomic E-state index is 0. The Labute approximate surface area is 183 Å². The zero-order chi connectivity index (χ0) is 19.3. The summed E-state index contributed by atoms with van der Waals surface area (Å²) in [4.78, 5) is 0. The van der Waals surface area contributed by atoms with Gasteiger partial charge in [0.2, 0.25) is 0 Å². The third kappa shape index (κ3) is 4.84. The number of nitrogens with zero attached hydrogens (tertiary/aromatic N) is 1. The number of nitrogens with one attached hydrogen (secondary N) is 1. The maximum absolute atomic E-state index is 6.42. The van der Waals surface area contributed by atoms with Crippen molar-refractivity contribution in [3.8, 4) is 0 Å². The third-order valence-corrected chi connectivity index (χ3v) is 5.75. The van der Waals surface area contributed by atoms with E-state index in [4.69, 9.17) is 11.6 Å². The van der Waals surface area contributed by atoms with Crippen molar-refractivity contribution in [3.63, 3.8) is 0 Å². The van der Waals surface area contributed by atoms with Crippen LogP contribution in [0.4, 0.5) is 0 Å². The minimum absolute atomic E-state index is 0. The molecule has 4 heteroatoms. The third-order valence-electron chi connectivity index (χ3n) is 5.38. The van der Waals surface area contributed by atoms with Crippen LogP contribution < -0.4 is 5.32 Å². The lowest BCUT2D eigenvalue weighted by Gasteiger charge is -2.11. The summed E-state index contributed by atoms with van der Waals surface area (Å²) in [6.07, 6.45) is 1.04. The van der Waals surface area contributed by atoms with Crippen molar-refractivity contribution in [1.29, 1.82) is 0 Å². The van der Waals surface area contributed by atoms with Gasteiger partial charge in [-0.15, -0.1) is 12.4 Å². The van der Waals surface area contributed by atoms with Gasteiger partial charge in [0, 0.05) is 34.7 Å². The SMILES string of the molecule is Cc1c(CNCCc2ccccc2)c2ccccc2n1Cc1ccccc1Cl.Cl. The van der Waals surface area contributed by atoms with Crippen LogP contribution in [0, 0.1) is 6.92 Å². The van der Waals surface area contributed by atoms with Crippen LogP contribution in [0.2, 0.25) is 5.02 Å². The number of halogens is 2. The summed E-state index contributed by atoms with van der Waals surface area (Å²) < 4.78 is 2.38. The molecule has 0 radical (unpaired) electrons. The quantitative estimate of drug-likeness (QED) is 0.339. The van der Waals surface area contributed by atoms with Gasteiger partial charge in [0.15, 0.2) is 0 Å². The van der Waals surface area contributed by atoms with Crippen LogP contribution in [-0.4, -0.2) is 11.1 Å². The van der Waals surface area contributed by atoms with Crippen molar-refractivity contribution in [3.05, 3.63) is 106 Å². The van der Waals surface area contributed by atoms with Gasteiger partial charge in [0.1, 0.15) is 0 Å². The number of hydrogen-bond donors (Lipinski definition) is 1. The molecule has 1 N–H and O–H groups in total. The number of benzene rings is 3. The molecule has 3 aromatic carbocycles. The van der Waals surface area contributed by atoms with Crippen LogP contribution in [0.15, 0.2) is 78.9 Å². The molecule has 1 aromatic heterocycles. The smallest absolute Gasteiger partial charge is 0.0493 e. The standard InChI is InChI=1S/C25H25ClN2.ClH/c1-19-23(17-27-16-15-20-9-3-2-4-10-20)22-12-6-8-14-25(22)28(19)18-21-11-5-7-13-24(21)26;/h2-14,27H,15-18H2,1H3;1H. The van der Waals surface area contributed by atoms with Gasteiger partial charge in [-0.2, -0.15) is 0 Å². The highest BCUT2D eigenvalue weighted by molar-refractivity contribution is 6.31. The fourth-order valence-electron chi connectivity index (χ4n) is 3.82. The Balaban J connectivity index is 0.00000240. The normalized spacial score (nSPS) is 10.8. The molecule has 0 aliphatic carbocycles. The van der Waals surface area contributed by atoms with Gasteiger partial charge < -0.3 is 9.88 Å². The molecule has 0 saturated carbocycles. The fraction of sp³-hybridized carbons (Fsp3) is 0.200. The molecule has 0 fully saturated rings. The average Bonchev–Trinajstić information content (AvgIpc) is 2.99. The Hall–Kier alpha value is -2.26. The van der Waals surface area contributed by atoms with E-state index in [-0.39, 0.29) is 12.4 Å². The summed E-state index contributed by atoms with van der Waals surface area (Å²) in [5, 5.41) is 5.77. The van der Waals surface area contributed by atoms with Crippen molar-refractivity contribution in [1.82, 2.24) is 9.88 Å². The zero-order valence-corrected chi connectivity index (χ0v) is 18.1. The molecule has 0 spiro atoms. The van der Waals surface area contributed by atoms with Gasteiger partial charge in [-0.25, -0.2) is 0 Å². The second-order valence-electron chi connectivity index (χ2n) is 7.17. The van der Waals surface area contributed by atoms with Crippen LogP contribution in [0.25, 0.3) is 10.9 Å². The summed E-state index contributed by atoms with van der Waals surface area (Å²) in [7, 11) is 0. The van der Waals surface area contributed by atoms with E-state index < -0.39 is 0 Å². The lowest BCUT2D eigenvalue weighted by Crippen LogP contribution is -2.17. The fourth-order valence-corrected chi connectivity index (χ4v) is 4.01. The first-order valence-corrected chi connectivity index (χ1v) is 10.2. The number of hydrogen-bond acceptors (Lipinski definition) is 1. The lowest BCUT2D eigenvalue weighted by molar-refractivity contribution is 0.681. The molecule has 0 aliphatic rings.